The Hall–Kier alpha value is -8.61. The number of aromatic amines is 1. The van der Waals surface area contributed by atoms with E-state index in [0.717, 1.165) is 21.6 Å². The van der Waals surface area contributed by atoms with Gasteiger partial charge in [0.15, 0.2) is 17.3 Å². The fourth-order valence-corrected chi connectivity index (χ4v) is 13.2. The van der Waals surface area contributed by atoms with Gasteiger partial charge < -0.3 is 72.9 Å². The molecule has 13 atom stereocenters. The molecular weight excluding hydrogens is 1250 g/mol. The van der Waals surface area contributed by atoms with Crippen molar-refractivity contribution in [3.8, 4) is 5.75 Å². The highest BCUT2D eigenvalue weighted by Gasteiger charge is 2.45. The number of imide groups is 1. The van der Waals surface area contributed by atoms with Crippen molar-refractivity contribution in [1.29, 1.82) is 0 Å². The molecule has 2 bridgehead atoms. The highest BCUT2D eigenvalue weighted by atomic mass is 32.2. The van der Waals surface area contributed by atoms with E-state index in [-0.39, 0.29) is 74.5 Å². The number of Topliss-reactive ketones (excluding diaryl/α,β-unsaturated/α-hetero) is 3. The monoisotopic (exact) mass is 1340 g/mol. The predicted molar refractivity (Wildman–Crippen MR) is 342 cm³/mol. The molecule has 0 saturated carbocycles. The maximum atomic E-state index is 14.9. The van der Waals surface area contributed by atoms with E-state index >= 15 is 0 Å². The van der Waals surface area contributed by atoms with Crippen LogP contribution in [0.5, 0.6) is 5.75 Å². The number of nitrogens with two attached hydrogens (primary N) is 1. The smallest absolute Gasteiger partial charge is 0.243 e. The van der Waals surface area contributed by atoms with Crippen LogP contribution in [-0.2, 0) is 80.2 Å². The number of hydrogen-bond acceptors (Lipinski definition) is 19. The Morgan fingerprint density at radius 2 is 1.49 bits per heavy atom. The lowest BCUT2D eigenvalue weighted by atomic mass is 9.85. The molecule has 0 radical (unpaired) electrons. The number of aliphatic hydroxyl groups excluding tert-OH is 3. The van der Waals surface area contributed by atoms with Gasteiger partial charge in [0.25, 0.3) is 0 Å². The summed E-state index contributed by atoms with van der Waals surface area (Å²) in [6.45, 7) is 8.75. The molecule has 2 aromatic carbocycles. The highest BCUT2D eigenvalue weighted by Crippen LogP contribution is 2.36. The number of fused-ring (bicyclic) bond motifs is 5. The number of nitrogens with zero attached hydrogens (tertiary/aromatic N) is 2. The van der Waals surface area contributed by atoms with E-state index in [9.17, 15) is 82.4 Å². The molecule has 1 aromatic heterocycles. The minimum atomic E-state index is -1.65. The Morgan fingerprint density at radius 1 is 0.811 bits per heavy atom. The number of nitrogens with one attached hydrogen (secondary N) is 8. The predicted octanol–water partition coefficient (Wildman–Crippen LogP) is -0.421. The Balaban J connectivity index is 1.17. The molecule has 0 aliphatic carbocycles. The molecule has 7 rings (SSSR count). The van der Waals surface area contributed by atoms with Gasteiger partial charge >= 0.3 is 0 Å². The number of thioether (sulfide) groups is 1. The van der Waals surface area contributed by atoms with Crippen LogP contribution < -0.4 is 47.7 Å². The van der Waals surface area contributed by atoms with Gasteiger partial charge in [0.2, 0.25) is 65.0 Å². The van der Waals surface area contributed by atoms with Gasteiger partial charge in [0, 0.05) is 105 Å². The highest BCUT2D eigenvalue weighted by molar-refractivity contribution is 7.99. The maximum Gasteiger partial charge on any atom is 0.243 e. The lowest BCUT2D eigenvalue weighted by molar-refractivity contribution is -0.145. The van der Waals surface area contributed by atoms with Gasteiger partial charge in [-0.05, 0) is 53.6 Å². The summed E-state index contributed by atoms with van der Waals surface area (Å²) < 4.78 is 6.25. The van der Waals surface area contributed by atoms with Gasteiger partial charge in [-0.3, -0.25) is 72.0 Å². The number of benzene rings is 2. The average Bonchev–Trinajstić information content (AvgIpc) is 1.69. The number of likely N-dealkylation sites (tertiary alicyclic amines) is 1. The van der Waals surface area contributed by atoms with E-state index in [2.05, 4.69) is 42.2 Å². The van der Waals surface area contributed by atoms with Crippen LogP contribution in [0.1, 0.15) is 111 Å². The summed E-state index contributed by atoms with van der Waals surface area (Å²) in [5.74, 6) is -16.0. The molecule has 29 nitrogen and oxygen atoms in total. The van der Waals surface area contributed by atoms with Crippen LogP contribution in [0.2, 0.25) is 0 Å². The first-order chi connectivity index (χ1) is 45.0. The third kappa shape index (κ3) is 19.3. The summed E-state index contributed by atoms with van der Waals surface area (Å²) >= 11 is 1.01. The molecule has 2 unspecified atom stereocenters. The van der Waals surface area contributed by atoms with Gasteiger partial charge in [0.05, 0.1) is 66.5 Å². The topological polar surface area (TPSA) is 441 Å². The van der Waals surface area contributed by atoms with Crippen molar-refractivity contribution < 1.29 is 87.2 Å². The number of amides is 11. The van der Waals surface area contributed by atoms with E-state index in [4.69, 9.17) is 10.5 Å². The molecular formula is C65H87N11O18S. The number of rotatable bonds is 20. The third-order valence-electron chi connectivity index (χ3n) is 17.9. The second-order valence-electron chi connectivity index (χ2n) is 25.6. The number of primary amides is 1. The van der Waals surface area contributed by atoms with Crippen molar-refractivity contribution in [2.45, 2.75) is 160 Å². The van der Waals surface area contributed by atoms with Gasteiger partial charge in [-0.2, -0.15) is 0 Å². The summed E-state index contributed by atoms with van der Waals surface area (Å²) in [6.07, 6.45) is -5.59. The molecule has 2 fully saturated rings. The first-order valence-corrected chi connectivity index (χ1v) is 33.0. The van der Waals surface area contributed by atoms with E-state index in [1.54, 1.807) is 84.0 Å². The van der Waals surface area contributed by atoms with Gasteiger partial charge in [0.1, 0.15) is 24.4 Å². The van der Waals surface area contributed by atoms with Crippen molar-refractivity contribution >= 4 is 111 Å². The van der Waals surface area contributed by atoms with Crippen LogP contribution in [0.15, 0.2) is 47.5 Å². The maximum absolute atomic E-state index is 14.9. The number of aliphatic hydroxyl groups is 3. The van der Waals surface area contributed by atoms with E-state index in [1.165, 1.54) is 6.92 Å². The number of anilines is 1. The van der Waals surface area contributed by atoms with Crippen molar-refractivity contribution in [2.24, 2.45) is 47.2 Å². The van der Waals surface area contributed by atoms with Crippen LogP contribution >= 0.6 is 11.8 Å². The quantitative estimate of drug-likeness (QED) is 0.0639. The van der Waals surface area contributed by atoms with Crippen molar-refractivity contribution in [1.82, 2.24) is 46.7 Å². The molecule has 516 valence electrons. The molecule has 0 spiro atoms. The lowest BCUT2D eigenvalue weighted by Crippen LogP contribution is -2.56. The number of carbonyl (C=O) groups is 14. The standard InChI is InChI=1S/C65H87N11O18S/c1-8-32(4)57-62(91)68-25-53(85)70-45-30-95-63-43(19-37(60(89)67-26-54(86)73-57)20-49(81)58(35(7)50(82)28-77)74-61(90)46-23-40(78)27-76(46)65(93)38(21-47(45)79)22-51(66)83)42-14-13-41(24-44(42)71-63)94-29-36-9-11-39(12-10-36)69-59(88)33(5)17-48(80)56(31(2)3)72-52(84)15-16-75-55(87)18-34(6)64(75)92/h9-14,24,31-35,37-38,40,45-46,50,56-58,71,77-78,82H,8,15-23,25-30H2,1-7H3,(H2,66,83)(H,67,89)(H,68,91)(H,69,88)(H,70,85)(H,72,84)(H,73,86)(H,74,90)/t32-,33+,34?,35-,37+,38-,40?,45-,46-,50-,56-,57-,58-/m0/s1. The van der Waals surface area contributed by atoms with E-state index in [0.29, 0.717) is 44.9 Å². The average molecular weight is 1340 g/mol. The minimum Gasteiger partial charge on any atom is -0.489 e. The Kier molecular flexibility index (Phi) is 25.8. The largest absolute Gasteiger partial charge is 0.489 e. The number of ether oxygens (including phenoxy) is 1. The number of hydrogen-bond donors (Lipinski definition) is 12. The summed E-state index contributed by atoms with van der Waals surface area (Å²) in [4.78, 5) is 197. The molecule has 2 saturated heterocycles. The number of carbonyl (C=O) groups excluding carboxylic acids is 14. The normalized spacial score (nSPS) is 24.7. The first-order valence-electron chi connectivity index (χ1n) is 32.0. The first kappa shape index (κ1) is 73.8. The van der Waals surface area contributed by atoms with Crippen molar-refractivity contribution in [2.75, 3.05) is 43.9 Å². The molecule has 11 amide bonds. The molecule has 4 aliphatic rings. The summed E-state index contributed by atoms with van der Waals surface area (Å²) in [5, 5.41) is 51.3. The molecule has 95 heavy (non-hydrogen) atoms. The summed E-state index contributed by atoms with van der Waals surface area (Å²) in [6, 6.07) is 4.91. The minimum absolute atomic E-state index is 0.00527. The lowest BCUT2D eigenvalue weighted by Gasteiger charge is -2.32. The molecule has 4 aliphatic heterocycles. The number of H-pyrrole nitrogens is 1. The van der Waals surface area contributed by atoms with Crippen LogP contribution in [0.25, 0.3) is 10.9 Å². The third-order valence-corrected chi connectivity index (χ3v) is 19.0. The second-order valence-corrected chi connectivity index (χ2v) is 26.6. The molecule has 13 N–H and O–H groups in total. The van der Waals surface area contributed by atoms with Crippen LogP contribution in [0.3, 0.4) is 0 Å². The number of ketones is 3. The Bertz CT molecular complexity index is 3430. The second kappa shape index (κ2) is 33.2. The Labute approximate surface area is 553 Å². The zero-order valence-corrected chi connectivity index (χ0v) is 55.1. The van der Waals surface area contributed by atoms with Crippen LogP contribution in [0.4, 0.5) is 5.69 Å². The molecule has 5 heterocycles. The van der Waals surface area contributed by atoms with Crippen molar-refractivity contribution in [3.05, 3.63) is 53.6 Å². The fraction of sp³-hybridized carbons (Fsp3) is 0.569. The van der Waals surface area contributed by atoms with Crippen LogP contribution in [0, 0.1) is 41.4 Å². The van der Waals surface area contributed by atoms with Crippen molar-refractivity contribution in [3.63, 3.8) is 0 Å². The summed E-state index contributed by atoms with van der Waals surface area (Å²) in [7, 11) is 0. The fourth-order valence-electron chi connectivity index (χ4n) is 12.0. The zero-order valence-electron chi connectivity index (χ0n) is 54.3. The van der Waals surface area contributed by atoms with E-state index in [1.807, 2.05) is 0 Å². The molecule has 30 heteroatoms. The van der Waals surface area contributed by atoms with Gasteiger partial charge in [-0.25, -0.2) is 0 Å². The molecule has 3 aromatic rings. The summed E-state index contributed by atoms with van der Waals surface area (Å²) in [5.41, 5.74) is 7.54. The van der Waals surface area contributed by atoms with Gasteiger partial charge in [-0.15, -0.1) is 11.8 Å². The number of aromatic nitrogens is 1. The van der Waals surface area contributed by atoms with E-state index < -0.39 is 188 Å². The zero-order chi connectivity index (χ0) is 69.7. The Morgan fingerprint density at radius 3 is 2.14 bits per heavy atom. The van der Waals surface area contributed by atoms with Gasteiger partial charge in [-0.1, -0.05) is 67.0 Å². The van der Waals surface area contributed by atoms with Crippen LogP contribution in [-0.4, -0.2) is 193 Å². The SMILES string of the molecule is CC[C@H](C)[C@@H]1NC(=O)CNC(=O)[C@H]2CC(=O)[C@H]([C@@H](C)[C@@H](O)CO)NC(=O)[C@@H]3CC(O)CN3C(=O)[C@H](CC(N)=O)CC(=O)[C@H](CSc3[nH]c4cc(OCc5ccc(NC(=O)[C@H](C)CC(=O)[C@@H](NC(=O)CCN6C(=O)CC(C)C6=O)C(C)C)cc5)ccc4c3C2)NC(=O)CNC1=O.